The van der Waals surface area contributed by atoms with Gasteiger partial charge in [0.05, 0.1) is 12.1 Å². The molecule has 0 bridgehead atoms. The van der Waals surface area contributed by atoms with Crippen molar-refractivity contribution in [3.8, 4) is 0 Å². The van der Waals surface area contributed by atoms with E-state index in [1.807, 2.05) is 30.3 Å². The quantitative estimate of drug-likeness (QED) is 0.891. The molecule has 1 aromatic heterocycles. The van der Waals surface area contributed by atoms with Crippen LogP contribution in [0.15, 0.2) is 46.9 Å². The van der Waals surface area contributed by atoms with Gasteiger partial charge in [-0.3, -0.25) is 4.79 Å². The first kappa shape index (κ1) is 14.6. The number of nitrogens with one attached hydrogen (secondary N) is 1. The first-order chi connectivity index (χ1) is 9.56. The summed E-state index contributed by atoms with van der Waals surface area (Å²) in [4.78, 5) is 11.9. The third-order valence-electron chi connectivity index (χ3n) is 3.02. The molecular weight excluding hydrogens is 278 g/mol. The lowest BCUT2D eigenvalue weighted by molar-refractivity contribution is 0.0826. The molecule has 2 N–H and O–H groups in total. The molecule has 5 heteroatoms. The molecule has 0 saturated carbocycles. The van der Waals surface area contributed by atoms with Crippen molar-refractivity contribution in [3.05, 3.63) is 59.0 Å². The van der Waals surface area contributed by atoms with E-state index in [1.54, 1.807) is 6.92 Å². The molecule has 1 heterocycles. The fraction of sp³-hybridized carbons (Fsp3) is 0.267. The smallest absolute Gasteiger partial charge is 0.287 e. The molecule has 0 spiro atoms. The number of aliphatic hydroxyl groups excluding tert-OH is 1. The molecule has 1 aromatic carbocycles. The molecular formula is C15H16ClNO3. The summed E-state index contributed by atoms with van der Waals surface area (Å²) in [7, 11) is 0. The van der Waals surface area contributed by atoms with E-state index in [1.165, 1.54) is 12.1 Å². The Morgan fingerprint density at radius 1 is 1.30 bits per heavy atom. The Morgan fingerprint density at radius 3 is 2.60 bits per heavy atom. The van der Waals surface area contributed by atoms with Crippen molar-refractivity contribution in [1.82, 2.24) is 5.32 Å². The summed E-state index contributed by atoms with van der Waals surface area (Å²) < 4.78 is 5.02. The molecule has 4 nitrogen and oxygen atoms in total. The number of hydrogen-bond donors (Lipinski definition) is 2. The van der Waals surface area contributed by atoms with Gasteiger partial charge < -0.3 is 14.8 Å². The number of amides is 1. The van der Waals surface area contributed by atoms with Gasteiger partial charge in [-0.1, -0.05) is 30.3 Å². The predicted molar refractivity (Wildman–Crippen MR) is 76.8 cm³/mol. The Hall–Kier alpha value is -1.78. The molecule has 0 radical (unpaired) electrons. The zero-order valence-electron chi connectivity index (χ0n) is 11.0. The van der Waals surface area contributed by atoms with E-state index < -0.39 is 18.1 Å². The Bertz CT molecular complexity index is 568. The lowest BCUT2D eigenvalue weighted by atomic mass is 10.0. The van der Waals surface area contributed by atoms with E-state index >= 15 is 0 Å². The summed E-state index contributed by atoms with van der Waals surface area (Å²) in [5.74, 6) is -0.259. The molecule has 0 saturated heterocycles. The normalized spacial score (nSPS) is 13.8. The largest absolute Gasteiger partial charge is 0.440 e. The monoisotopic (exact) mass is 293 g/mol. The van der Waals surface area contributed by atoms with Crippen LogP contribution in [-0.4, -0.2) is 23.2 Å². The van der Waals surface area contributed by atoms with Crippen LogP contribution in [0.4, 0.5) is 0 Å². The number of carbonyl (C=O) groups excluding carboxylic acids is 1. The SMILES string of the molecule is CC(NC(=O)c1ccc(Cl)o1)C(O)Cc1ccccc1. The molecule has 0 aliphatic carbocycles. The number of furan rings is 1. The Balaban J connectivity index is 1.91. The maximum atomic E-state index is 11.9. The van der Waals surface area contributed by atoms with Gasteiger partial charge in [-0.15, -0.1) is 0 Å². The second-order valence-corrected chi connectivity index (χ2v) is 5.00. The van der Waals surface area contributed by atoms with Gasteiger partial charge in [-0.05, 0) is 36.2 Å². The van der Waals surface area contributed by atoms with Crippen molar-refractivity contribution in [2.45, 2.75) is 25.5 Å². The second-order valence-electron chi connectivity index (χ2n) is 4.62. The number of aliphatic hydroxyl groups is 1. The van der Waals surface area contributed by atoms with Crippen LogP contribution in [0.3, 0.4) is 0 Å². The van der Waals surface area contributed by atoms with E-state index in [2.05, 4.69) is 5.32 Å². The summed E-state index contributed by atoms with van der Waals surface area (Å²) in [6.45, 7) is 1.75. The van der Waals surface area contributed by atoms with Crippen molar-refractivity contribution in [3.63, 3.8) is 0 Å². The van der Waals surface area contributed by atoms with Gasteiger partial charge >= 0.3 is 0 Å². The molecule has 2 aromatic rings. The van der Waals surface area contributed by atoms with Crippen LogP contribution >= 0.6 is 11.6 Å². The molecule has 2 rings (SSSR count). The summed E-state index contributed by atoms with van der Waals surface area (Å²) in [6, 6.07) is 12.2. The van der Waals surface area contributed by atoms with E-state index in [4.69, 9.17) is 16.0 Å². The second kappa shape index (κ2) is 6.59. The highest BCUT2D eigenvalue weighted by molar-refractivity contribution is 6.29. The molecule has 0 aliphatic rings. The summed E-state index contributed by atoms with van der Waals surface area (Å²) in [5.41, 5.74) is 1.02. The standard InChI is InChI=1S/C15H16ClNO3/c1-10(12(18)9-11-5-3-2-4-6-11)17-15(19)13-7-8-14(16)20-13/h2-8,10,12,18H,9H2,1H3,(H,17,19). The summed E-state index contributed by atoms with van der Waals surface area (Å²) in [6.07, 6.45) is -0.201. The van der Waals surface area contributed by atoms with Crippen molar-refractivity contribution in [1.29, 1.82) is 0 Å². The zero-order valence-corrected chi connectivity index (χ0v) is 11.8. The van der Waals surface area contributed by atoms with Crippen molar-refractivity contribution in [2.24, 2.45) is 0 Å². The predicted octanol–water partition coefficient (Wildman–Crippen LogP) is 2.65. The van der Waals surface area contributed by atoms with Crippen molar-refractivity contribution < 1.29 is 14.3 Å². The van der Waals surface area contributed by atoms with Gasteiger partial charge in [0.1, 0.15) is 0 Å². The molecule has 1 amide bonds. The van der Waals surface area contributed by atoms with Crippen LogP contribution in [0.1, 0.15) is 23.0 Å². The number of carbonyl (C=O) groups is 1. The van der Waals surface area contributed by atoms with Crippen molar-refractivity contribution >= 4 is 17.5 Å². The van der Waals surface area contributed by atoms with Gasteiger partial charge in [-0.2, -0.15) is 0 Å². The average molecular weight is 294 g/mol. The van der Waals surface area contributed by atoms with Crippen LogP contribution < -0.4 is 5.32 Å². The minimum atomic E-state index is -0.674. The fourth-order valence-electron chi connectivity index (χ4n) is 1.84. The highest BCUT2D eigenvalue weighted by atomic mass is 35.5. The number of rotatable bonds is 5. The maximum absolute atomic E-state index is 11.9. The van der Waals surface area contributed by atoms with Gasteiger partial charge in [0.15, 0.2) is 11.0 Å². The zero-order chi connectivity index (χ0) is 14.5. The minimum Gasteiger partial charge on any atom is -0.440 e. The molecule has 20 heavy (non-hydrogen) atoms. The Kier molecular flexibility index (Phi) is 4.82. The van der Waals surface area contributed by atoms with Crippen molar-refractivity contribution in [2.75, 3.05) is 0 Å². The van der Waals surface area contributed by atoms with Crippen LogP contribution in [0.5, 0.6) is 0 Å². The molecule has 0 fully saturated rings. The van der Waals surface area contributed by atoms with Gasteiger partial charge in [0, 0.05) is 6.42 Å². The number of hydrogen-bond acceptors (Lipinski definition) is 3. The van der Waals surface area contributed by atoms with Gasteiger partial charge in [-0.25, -0.2) is 0 Å². The maximum Gasteiger partial charge on any atom is 0.287 e. The minimum absolute atomic E-state index is 0.133. The van der Waals surface area contributed by atoms with E-state index in [9.17, 15) is 9.90 Å². The van der Waals surface area contributed by atoms with Crippen LogP contribution in [-0.2, 0) is 6.42 Å². The highest BCUT2D eigenvalue weighted by Gasteiger charge is 2.19. The number of halogens is 1. The molecule has 2 unspecified atom stereocenters. The summed E-state index contributed by atoms with van der Waals surface area (Å²) in [5, 5.41) is 12.9. The topological polar surface area (TPSA) is 62.5 Å². The van der Waals surface area contributed by atoms with Crippen LogP contribution in [0, 0.1) is 0 Å². The Labute approximate surface area is 122 Å². The van der Waals surface area contributed by atoms with E-state index in [0.717, 1.165) is 5.56 Å². The first-order valence-corrected chi connectivity index (χ1v) is 6.72. The lowest BCUT2D eigenvalue weighted by Crippen LogP contribution is -2.42. The first-order valence-electron chi connectivity index (χ1n) is 6.34. The Morgan fingerprint density at radius 2 is 2.00 bits per heavy atom. The van der Waals surface area contributed by atoms with E-state index in [-0.39, 0.29) is 11.0 Å². The molecule has 106 valence electrons. The van der Waals surface area contributed by atoms with Gasteiger partial charge in [0.2, 0.25) is 0 Å². The van der Waals surface area contributed by atoms with E-state index in [0.29, 0.717) is 6.42 Å². The average Bonchev–Trinajstić information content (AvgIpc) is 2.86. The summed E-state index contributed by atoms with van der Waals surface area (Å²) >= 11 is 5.61. The van der Waals surface area contributed by atoms with Crippen LogP contribution in [0.25, 0.3) is 0 Å². The highest BCUT2D eigenvalue weighted by Crippen LogP contribution is 2.13. The van der Waals surface area contributed by atoms with Crippen LogP contribution in [0.2, 0.25) is 5.22 Å². The van der Waals surface area contributed by atoms with Gasteiger partial charge in [0.25, 0.3) is 5.91 Å². The fourth-order valence-corrected chi connectivity index (χ4v) is 1.99. The third-order valence-corrected chi connectivity index (χ3v) is 3.22. The molecule has 0 aliphatic heterocycles. The molecule has 2 atom stereocenters. The lowest BCUT2D eigenvalue weighted by Gasteiger charge is -2.19. The number of benzene rings is 1. The third kappa shape index (κ3) is 3.85.